The Morgan fingerprint density at radius 2 is 1.77 bits per heavy atom. The number of fused-ring (bicyclic) bond motifs is 1. The molecule has 8 nitrogen and oxygen atoms in total. The molecule has 8 heteroatoms. The molecule has 0 saturated heterocycles. The maximum absolute atomic E-state index is 12.7. The quantitative estimate of drug-likeness (QED) is 0.578. The van der Waals surface area contributed by atoms with E-state index >= 15 is 0 Å². The molecule has 0 fully saturated rings. The molecule has 1 atom stereocenters. The number of carbonyl (C=O) groups is 1. The molecule has 0 spiro atoms. The van der Waals surface area contributed by atoms with Crippen LogP contribution in [0, 0.1) is 5.92 Å². The number of aromatic nitrogens is 2. The second-order valence-electron chi connectivity index (χ2n) is 7.59. The third-order valence-corrected chi connectivity index (χ3v) is 5.20. The fourth-order valence-electron chi connectivity index (χ4n) is 3.54. The largest absolute Gasteiger partial charge is 0.493 e. The molecule has 1 heterocycles. The van der Waals surface area contributed by atoms with Gasteiger partial charge in [0.1, 0.15) is 0 Å². The van der Waals surface area contributed by atoms with Crippen molar-refractivity contribution in [3.8, 4) is 11.5 Å². The highest BCUT2D eigenvalue weighted by atomic mass is 16.5. The average molecular weight is 425 g/mol. The highest BCUT2D eigenvalue weighted by Gasteiger charge is 2.20. The van der Waals surface area contributed by atoms with E-state index in [2.05, 4.69) is 10.3 Å². The van der Waals surface area contributed by atoms with Crippen LogP contribution < -0.4 is 26.0 Å². The minimum absolute atomic E-state index is 0.00215. The van der Waals surface area contributed by atoms with Gasteiger partial charge >= 0.3 is 5.69 Å². The van der Waals surface area contributed by atoms with Crippen LogP contribution in [0.5, 0.6) is 11.5 Å². The summed E-state index contributed by atoms with van der Waals surface area (Å²) < 4.78 is 11.7. The number of amides is 1. The van der Waals surface area contributed by atoms with Crippen LogP contribution in [0.15, 0.2) is 52.1 Å². The van der Waals surface area contributed by atoms with Gasteiger partial charge in [0.15, 0.2) is 11.5 Å². The van der Waals surface area contributed by atoms with Crippen LogP contribution in [0.2, 0.25) is 0 Å². The third kappa shape index (κ3) is 4.79. The number of rotatable bonds is 8. The van der Waals surface area contributed by atoms with Gasteiger partial charge in [-0.05, 0) is 35.7 Å². The Bertz CT molecular complexity index is 1200. The van der Waals surface area contributed by atoms with Crippen molar-refractivity contribution in [2.45, 2.75) is 32.9 Å². The molecule has 1 amide bonds. The van der Waals surface area contributed by atoms with Crippen LogP contribution in [0.3, 0.4) is 0 Å². The zero-order valence-electron chi connectivity index (χ0n) is 18.1. The average Bonchev–Trinajstić information content (AvgIpc) is 2.76. The number of ether oxygens (including phenoxy) is 2. The molecule has 0 saturated carbocycles. The van der Waals surface area contributed by atoms with Gasteiger partial charge in [-0.25, -0.2) is 4.79 Å². The first kappa shape index (κ1) is 22.1. The molecule has 3 rings (SSSR count). The summed E-state index contributed by atoms with van der Waals surface area (Å²) in [4.78, 5) is 40.3. The SMILES string of the molecule is COc1ccc([C@@H](NC(=O)CCn2c(=O)[nH]c3ccccc3c2=O)C(C)C)cc1OC. The molecule has 0 aliphatic carbocycles. The van der Waals surface area contributed by atoms with E-state index in [9.17, 15) is 14.4 Å². The first-order valence-corrected chi connectivity index (χ1v) is 10.1. The van der Waals surface area contributed by atoms with Gasteiger partial charge in [0.05, 0.1) is 31.2 Å². The van der Waals surface area contributed by atoms with Gasteiger partial charge in [-0.15, -0.1) is 0 Å². The molecular weight excluding hydrogens is 398 g/mol. The maximum Gasteiger partial charge on any atom is 0.328 e. The van der Waals surface area contributed by atoms with Gasteiger partial charge in [-0.2, -0.15) is 0 Å². The molecule has 164 valence electrons. The zero-order valence-corrected chi connectivity index (χ0v) is 18.1. The number of nitrogens with one attached hydrogen (secondary N) is 2. The number of hydrogen-bond acceptors (Lipinski definition) is 5. The third-order valence-electron chi connectivity index (χ3n) is 5.20. The summed E-state index contributed by atoms with van der Waals surface area (Å²) in [5.41, 5.74) is 0.414. The van der Waals surface area contributed by atoms with E-state index < -0.39 is 11.2 Å². The number of H-pyrrole nitrogens is 1. The Kier molecular flexibility index (Phi) is 6.79. The maximum atomic E-state index is 12.7. The summed E-state index contributed by atoms with van der Waals surface area (Å²) in [5.74, 6) is 1.03. The van der Waals surface area contributed by atoms with E-state index in [-0.39, 0.29) is 30.8 Å². The van der Waals surface area contributed by atoms with Gasteiger partial charge in [0.2, 0.25) is 5.91 Å². The topological polar surface area (TPSA) is 102 Å². The van der Waals surface area contributed by atoms with Gasteiger partial charge in [-0.1, -0.05) is 32.0 Å². The number of para-hydroxylation sites is 1. The fourth-order valence-corrected chi connectivity index (χ4v) is 3.54. The molecule has 0 radical (unpaired) electrons. The summed E-state index contributed by atoms with van der Waals surface area (Å²) in [7, 11) is 3.12. The molecule has 0 unspecified atom stereocenters. The van der Waals surface area contributed by atoms with Crippen molar-refractivity contribution in [1.29, 1.82) is 0 Å². The van der Waals surface area contributed by atoms with E-state index in [1.54, 1.807) is 44.6 Å². The van der Waals surface area contributed by atoms with Crippen LogP contribution in [-0.4, -0.2) is 29.7 Å². The van der Waals surface area contributed by atoms with Crippen molar-refractivity contribution < 1.29 is 14.3 Å². The molecule has 2 aromatic carbocycles. The normalized spacial score (nSPS) is 12.0. The molecule has 2 N–H and O–H groups in total. The van der Waals surface area contributed by atoms with Crippen molar-refractivity contribution in [2.75, 3.05) is 14.2 Å². The van der Waals surface area contributed by atoms with Gasteiger partial charge in [-0.3, -0.25) is 14.2 Å². The first-order chi connectivity index (χ1) is 14.8. The highest BCUT2D eigenvalue weighted by Crippen LogP contribution is 2.32. The molecule has 0 aliphatic rings. The van der Waals surface area contributed by atoms with Crippen LogP contribution in [0.25, 0.3) is 10.9 Å². The molecule has 31 heavy (non-hydrogen) atoms. The number of carbonyl (C=O) groups excluding carboxylic acids is 1. The fraction of sp³-hybridized carbons (Fsp3) is 0.348. The number of hydrogen-bond donors (Lipinski definition) is 2. The van der Waals surface area contributed by atoms with Crippen LogP contribution in [-0.2, 0) is 11.3 Å². The number of methoxy groups -OCH3 is 2. The Morgan fingerprint density at radius 1 is 1.06 bits per heavy atom. The summed E-state index contributed by atoms with van der Waals surface area (Å²) in [6.45, 7) is 3.99. The van der Waals surface area contributed by atoms with Crippen LogP contribution in [0.4, 0.5) is 0 Å². The van der Waals surface area contributed by atoms with Crippen molar-refractivity contribution in [1.82, 2.24) is 14.9 Å². The second kappa shape index (κ2) is 9.51. The molecule has 1 aromatic heterocycles. The smallest absolute Gasteiger partial charge is 0.328 e. The molecular formula is C23H27N3O5. The number of nitrogens with zero attached hydrogens (tertiary/aromatic N) is 1. The van der Waals surface area contributed by atoms with Crippen LogP contribution >= 0.6 is 0 Å². The van der Waals surface area contributed by atoms with E-state index in [1.165, 1.54) is 0 Å². The lowest BCUT2D eigenvalue weighted by Gasteiger charge is -2.24. The van der Waals surface area contributed by atoms with E-state index in [0.717, 1.165) is 10.1 Å². The minimum atomic E-state index is -0.531. The first-order valence-electron chi connectivity index (χ1n) is 10.1. The van der Waals surface area contributed by atoms with Gasteiger partial charge < -0.3 is 19.8 Å². The number of benzene rings is 2. The highest BCUT2D eigenvalue weighted by molar-refractivity contribution is 5.77. The number of aromatic amines is 1. The second-order valence-corrected chi connectivity index (χ2v) is 7.59. The summed E-state index contributed by atoms with van der Waals surface area (Å²) in [6, 6.07) is 12.0. The Balaban J connectivity index is 1.77. The van der Waals surface area contributed by atoms with Crippen molar-refractivity contribution >= 4 is 16.8 Å². The van der Waals surface area contributed by atoms with E-state index in [0.29, 0.717) is 22.4 Å². The lowest BCUT2D eigenvalue weighted by Crippen LogP contribution is -2.38. The van der Waals surface area contributed by atoms with Gasteiger partial charge in [0, 0.05) is 13.0 Å². The minimum Gasteiger partial charge on any atom is -0.493 e. The molecule has 0 aliphatic heterocycles. The summed E-state index contributed by atoms with van der Waals surface area (Å²) in [5, 5.41) is 3.42. The monoisotopic (exact) mass is 425 g/mol. The standard InChI is InChI=1S/C23H27N3O5/c1-14(2)21(15-9-10-18(30-3)19(13-15)31-4)25-20(27)11-12-26-22(28)16-7-5-6-8-17(16)24-23(26)29/h5-10,13-14,21H,11-12H2,1-4H3,(H,24,29)(H,25,27)/t21-/m0/s1. The van der Waals surface area contributed by atoms with Gasteiger partial charge in [0.25, 0.3) is 5.56 Å². The van der Waals surface area contributed by atoms with E-state index in [1.807, 2.05) is 26.0 Å². The lowest BCUT2D eigenvalue weighted by atomic mass is 9.95. The van der Waals surface area contributed by atoms with E-state index in [4.69, 9.17) is 9.47 Å². The van der Waals surface area contributed by atoms with Crippen molar-refractivity contribution in [2.24, 2.45) is 5.92 Å². The Hall–Kier alpha value is -3.55. The summed E-state index contributed by atoms with van der Waals surface area (Å²) in [6.07, 6.45) is -0.00215. The Morgan fingerprint density at radius 3 is 2.45 bits per heavy atom. The molecule has 3 aromatic rings. The summed E-state index contributed by atoms with van der Waals surface area (Å²) >= 11 is 0. The van der Waals surface area contributed by atoms with Crippen molar-refractivity contribution in [3.05, 3.63) is 68.9 Å². The Labute approximate surface area is 179 Å². The van der Waals surface area contributed by atoms with Crippen molar-refractivity contribution in [3.63, 3.8) is 0 Å². The predicted molar refractivity (Wildman–Crippen MR) is 119 cm³/mol. The lowest BCUT2D eigenvalue weighted by molar-refractivity contribution is -0.122. The van der Waals surface area contributed by atoms with Crippen LogP contribution in [0.1, 0.15) is 31.9 Å². The predicted octanol–water partition coefficient (Wildman–Crippen LogP) is 2.61. The molecule has 0 bridgehead atoms. The zero-order chi connectivity index (χ0) is 22.5.